The Hall–Kier alpha value is -3.05. The van der Waals surface area contributed by atoms with E-state index in [4.69, 9.17) is 9.47 Å². The summed E-state index contributed by atoms with van der Waals surface area (Å²) in [7, 11) is 6.04. The second kappa shape index (κ2) is 18.0. The fraction of sp³-hybridized carbons (Fsp3) is 0.618. The van der Waals surface area contributed by atoms with Gasteiger partial charge in [0.1, 0.15) is 5.75 Å². The van der Waals surface area contributed by atoms with Crippen LogP contribution in [0.4, 0.5) is 5.69 Å². The summed E-state index contributed by atoms with van der Waals surface area (Å²) < 4.78 is 12.8. The number of carbonyl (C=O) groups excluding carboxylic acids is 2. The number of ether oxygens (including phenoxy) is 2. The first-order valence-electron chi connectivity index (χ1n) is 15.9. The average molecular weight is 612 g/mol. The van der Waals surface area contributed by atoms with E-state index in [2.05, 4.69) is 29.2 Å². The van der Waals surface area contributed by atoms with Crippen LogP contribution < -0.4 is 10.1 Å². The third kappa shape index (κ3) is 11.5. The molecule has 1 aliphatic rings. The van der Waals surface area contributed by atoms with Crippen LogP contribution in [0.1, 0.15) is 68.8 Å². The van der Waals surface area contributed by atoms with Gasteiger partial charge in [-0.15, -0.1) is 0 Å². The SMILES string of the molecule is C[C@@H]1CN([C@H](C)CO)C(=O)c2cc(NC(=O)CCCN(C)C)ccc2O[C@@H](C)CCCCO[C@@H]1CN(C)Cc1ccncc1. The van der Waals surface area contributed by atoms with Crippen molar-refractivity contribution in [1.29, 1.82) is 0 Å². The maximum Gasteiger partial charge on any atom is 0.258 e. The summed E-state index contributed by atoms with van der Waals surface area (Å²) in [4.78, 5) is 37.1. The van der Waals surface area contributed by atoms with Crippen LogP contribution in [0.2, 0.25) is 0 Å². The number of amides is 2. The van der Waals surface area contributed by atoms with Crippen molar-refractivity contribution in [3.63, 3.8) is 0 Å². The zero-order chi connectivity index (χ0) is 32.1. The van der Waals surface area contributed by atoms with Gasteiger partial charge in [0.25, 0.3) is 5.91 Å². The fourth-order valence-electron chi connectivity index (χ4n) is 5.41. The minimum Gasteiger partial charge on any atom is -0.490 e. The van der Waals surface area contributed by atoms with Crippen molar-refractivity contribution in [3.05, 3.63) is 53.9 Å². The molecule has 2 N–H and O–H groups in total. The first kappa shape index (κ1) is 35.4. The Labute approximate surface area is 263 Å². The van der Waals surface area contributed by atoms with Crippen LogP contribution in [0.5, 0.6) is 5.75 Å². The molecule has 2 heterocycles. The number of carbonyl (C=O) groups is 2. The molecule has 2 aromatic rings. The zero-order valence-corrected chi connectivity index (χ0v) is 27.5. The van der Waals surface area contributed by atoms with Crippen LogP contribution in [0.15, 0.2) is 42.7 Å². The molecule has 4 atom stereocenters. The topological polar surface area (TPSA) is 107 Å². The van der Waals surface area contributed by atoms with E-state index in [9.17, 15) is 14.7 Å². The summed E-state index contributed by atoms with van der Waals surface area (Å²) in [5.74, 6) is 0.126. The van der Waals surface area contributed by atoms with Crippen molar-refractivity contribution in [2.24, 2.45) is 5.92 Å². The third-order valence-corrected chi connectivity index (χ3v) is 8.04. The molecule has 0 fully saturated rings. The normalized spacial score (nSPS) is 21.0. The first-order valence-corrected chi connectivity index (χ1v) is 15.9. The maximum absolute atomic E-state index is 14.3. The lowest BCUT2D eigenvalue weighted by atomic mass is 10.0. The Morgan fingerprint density at radius 1 is 1.16 bits per heavy atom. The monoisotopic (exact) mass is 611 g/mol. The zero-order valence-electron chi connectivity index (χ0n) is 27.5. The molecule has 0 bridgehead atoms. The van der Waals surface area contributed by atoms with Gasteiger partial charge in [0.2, 0.25) is 5.91 Å². The van der Waals surface area contributed by atoms with Gasteiger partial charge >= 0.3 is 0 Å². The van der Waals surface area contributed by atoms with Crippen LogP contribution in [0.3, 0.4) is 0 Å². The number of aliphatic hydroxyl groups excluding tert-OH is 1. The summed E-state index contributed by atoms with van der Waals surface area (Å²) in [5.41, 5.74) is 2.10. The summed E-state index contributed by atoms with van der Waals surface area (Å²) in [6.45, 7) is 9.07. The molecule has 1 aromatic heterocycles. The standard InChI is InChI=1S/C34H53N5O5/c1-25-21-39(26(2)24-40)34(42)30-20-29(36-33(41)11-9-18-37(4)5)12-13-31(30)44-27(3)10-7-8-19-43-32(25)23-38(6)22-28-14-16-35-17-15-28/h12-17,20,25-27,32,40H,7-11,18-19,21-24H2,1-6H3,(H,36,41)/t25-,26-,27+,32-/m1/s1. The number of anilines is 1. The van der Waals surface area contributed by atoms with Crippen LogP contribution in [0.25, 0.3) is 0 Å². The predicted molar refractivity (Wildman–Crippen MR) is 174 cm³/mol. The molecule has 0 unspecified atom stereocenters. The summed E-state index contributed by atoms with van der Waals surface area (Å²) in [6.07, 6.45) is 7.16. The molecule has 10 heteroatoms. The lowest BCUT2D eigenvalue weighted by Crippen LogP contribution is -2.47. The molecule has 0 radical (unpaired) electrons. The molecule has 0 saturated heterocycles. The Balaban J connectivity index is 1.87. The molecule has 1 aliphatic heterocycles. The van der Waals surface area contributed by atoms with Crippen LogP contribution in [-0.4, -0.2) is 109 Å². The molecule has 2 amide bonds. The van der Waals surface area contributed by atoms with Crippen molar-refractivity contribution in [2.45, 2.75) is 77.7 Å². The molecule has 0 aliphatic carbocycles. The van der Waals surface area contributed by atoms with Crippen LogP contribution >= 0.6 is 0 Å². The fourth-order valence-corrected chi connectivity index (χ4v) is 5.41. The number of nitrogens with zero attached hydrogens (tertiary/aromatic N) is 4. The number of rotatable bonds is 11. The number of hydrogen-bond donors (Lipinski definition) is 2. The Morgan fingerprint density at radius 2 is 1.91 bits per heavy atom. The minimum atomic E-state index is -0.428. The molecule has 10 nitrogen and oxygen atoms in total. The van der Waals surface area contributed by atoms with Crippen molar-refractivity contribution in [3.8, 4) is 5.75 Å². The Bertz CT molecular complexity index is 1160. The van der Waals surface area contributed by atoms with Crippen LogP contribution in [-0.2, 0) is 16.1 Å². The lowest BCUT2D eigenvalue weighted by Gasteiger charge is -2.36. The number of fused-ring (bicyclic) bond motifs is 1. The van der Waals surface area contributed by atoms with Gasteiger partial charge in [-0.3, -0.25) is 19.5 Å². The Morgan fingerprint density at radius 3 is 2.61 bits per heavy atom. The van der Waals surface area contributed by atoms with Gasteiger partial charge in [-0.25, -0.2) is 0 Å². The van der Waals surface area contributed by atoms with E-state index in [0.29, 0.717) is 43.1 Å². The second-order valence-corrected chi connectivity index (χ2v) is 12.5. The molecule has 0 spiro atoms. The molecule has 1 aromatic carbocycles. The number of nitrogens with one attached hydrogen (secondary N) is 1. The van der Waals surface area contributed by atoms with E-state index >= 15 is 0 Å². The Kier molecular flexibility index (Phi) is 14.5. The highest BCUT2D eigenvalue weighted by atomic mass is 16.5. The number of likely N-dealkylation sites (N-methyl/N-ethyl adjacent to an activating group) is 1. The van der Waals surface area contributed by atoms with Crippen molar-refractivity contribution < 1.29 is 24.2 Å². The highest BCUT2D eigenvalue weighted by Crippen LogP contribution is 2.28. The molecular formula is C34H53N5O5. The van der Waals surface area contributed by atoms with E-state index < -0.39 is 6.04 Å². The molecule has 0 saturated carbocycles. The van der Waals surface area contributed by atoms with E-state index in [1.165, 1.54) is 5.56 Å². The van der Waals surface area contributed by atoms with Crippen LogP contribution in [0, 0.1) is 5.92 Å². The number of benzene rings is 1. The molecule has 3 rings (SSSR count). The van der Waals surface area contributed by atoms with Gasteiger partial charge in [-0.2, -0.15) is 0 Å². The minimum absolute atomic E-state index is 0.0151. The smallest absolute Gasteiger partial charge is 0.258 e. The predicted octanol–water partition coefficient (Wildman–Crippen LogP) is 4.29. The maximum atomic E-state index is 14.3. The van der Waals surface area contributed by atoms with Crippen molar-refractivity contribution in [1.82, 2.24) is 19.7 Å². The quantitative estimate of drug-likeness (QED) is 0.388. The van der Waals surface area contributed by atoms with Gasteiger partial charge in [0, 0.05) is 56.7 Å². The molecule has 44 heavy (non-hydrogen) atoms. The van der Waals surface area contributed by atoms with E-state index in [0.717, 1.165) is 38.8 Å². The second-order valence-electron chi connectivity index (χ2n) is 12.5. The summed E-state index contributed by atoms with van der Waals surface area (Å²) in [5, 5.41) is 13.1. The largest absolute Gasteiger partial charge is 0.490 e. The van der Waals surface area contributed by atoms with E-state index in [-0.39, 0.29) is 36.5 Å². The van der Waals surface area contributed by atoms with E-state index in [1.54, 1.807) is 35.5 Å². The summed E-state index contributed by atoms with van der Waals surface area (Å²) >= 11 is 0. The third-order valence-electron chi connectivity index (χ3n) is 8.04. The van der Waals surface area contributed by atoms with E-state index in [1.807, 2.05) is 45.0 Å². The highest BCUT2D eigenvalue weighted by molar-refractivity contribution is 5.99. The van der Waals surface area contributed by atoms with Gasteiger partial charge < -0.3 is 29.7 Å². The number of aromatic nitrogens is 1. The summed E-state index contributed by atoms with van der Waals surface area (Å²) in [6, 6.07) is 8.87. The number of aliphatic hydroxyl groups is 1. The number of hydrogen-bond acceptors (Lipinski definition) is 8. The molecule has 244 valence electrons. The van der Waals surface area contributed by atoms with Gasteiger partial charge in [-0.05, 0) is 103 Å². The van der Waals surface area contributed by atoms with Gasteiger partial charge in [0.05, 0.1) is 30.4 Å². The highest BCUT2D eigenvalue weighted by Gasteiger charge is 2.30. The van der Waals surface area contributed by atoms with Gasteiger partial charge in [0.15, 0.2) is 0 Å². The molecular weight excluding hydrogens is 558 g/mol. The first-order chi connectivity index (χ1) is 21.1. The average Bonchev–Trinajstić information content (AvgIpc) is 2.98. The van der Waals surface area contributed by atoms with Gasteiger partial charge in [-0.1, -0.05) is 6.92 Å². The van der Waals surface area contributed by atoms with Crippen molar-refractivity contribution in [2.75, 3.05) is 59.3 Å². The lowest BCUT2D eigenvalue weighted by molar-refractivity contribution is -0.116. The van der Waals surface area contributed by atoms with Crippen molar-refractivity contribution >= 4 is 17.5 Å². The number of pyridine rings is 1.